The molecular weight excluding hydrogens is 230 g/mol. The van der Waals surface area contributed by atoms with Gasteiger partial charge in [0.25, 0.3) is 0 Å². The molecule has 0 radical (unpaired) electrons. The summed E-state index contributed by atoms with van der Waals surface area (Å²) in [6, 6.07) is 5.82. The first kappa shape index (κ1) is 12.9. The highest BCUT2D eigenvalue weighted by atomic mass is 16.5. The van der Waals surface area contributed by atoms with Gasteiger partial charge in [-0.2, -0.15) is 0 Å². The van der Waals surface area contributed by atoms with Gasteiger partial charge in [-0.3, -0.25) is 0 Å². The number of nitrogens with one attached hydrogen (secondary N) is 1. The summed E-state index contributed by atoms with van der Waals surface area (Å²) in [4.78, 5) is 4.61. The summed E-state index contributed by atoms with van der Waals surface area (Å²) in [6.45, 7) is 1.55. The fourth-order valence-electron chi connectivity index (χ4n) is 2.06. The molecule has 0 aliphatic heterocycles. The Hall–Kier alpha value is -1.59. The quantitative estimate of drug-likeness (QED) is 0.795. The number of aliphatic hydroxyl groups excluding tert-OH is 1. The van der Waals surface area contributed by atoms with Crippen LogP contribution in [0.15, 0.2) is 18.2 Å². The molecule has 0 spiro atoms. The number of rotatable bonds is 6. The van der Waals surface area contributed by atoms with Crippen LogP contribution >= 0.6 is 0 Å². The molecule has 0 bridgehead atoms. The molecule has 2 rings (SSSR count). The van der Waals surface area contributed by atoms with Gasteiger partial charge in [0, 0.05) is 25.6 Å². The minimum atomic E-state index is 0.115. The van der Waals surface area contributed by atoms with Crippen molar-refractivity contribution in [2.45, 2.75) is 13.0 Å². The van der Waals surface area contributed by atoms with Crippen molar-refractivity contribution in [3.05, 3.63) is 24.0 Å². The number of methoxy groups -OCH3 is 1. The Labute approximate surface area is 106 Å². The largest absolute Gasteiger partial charge is 0.497 e. The van der Waals surface area contributed by atoms with E-state index in [0.29, 0.717) is 6.54 Å². The first-order valence-corrected chi connectivity index (χ1v) is 6.08. The third-order valence-electron chi connectivity index (χ3n) is 2.96. The van der Waals surface area contributed by atoms with Crippen LogP contribution < -0.4 is 10.1 Å². The van der Waals surface area contributed by atoms with Crippen molar-refractivity contribution in [2.24, 2.45) is 0 Å². The van der Waals surface area contributed by atoms with Crippen molar-refractivity contribution in [3.63, 3.8) is 0 Å². The maximum Gasteiger partial charge on any atom is 0.121 e. The van der Waals surface area contributed by atoms with Crippen LogP contribution in [0.1, 0.15) is 5.82 Å². The number of hydrogen-bond donors (Lipinski definition) is 2. The van der Waals surface area contributed by atoms with E-state index in [2.05, 4.69) is 14.9 Å². The van der Waals surface area contributed by atoms with E-state index in [0.717, 1.165) is 35.6 Å². The molecule has 1 aromatic heterocycles. The zero-order valence-corrected chi connectivity index (χ0v) is 10.8. The van der Waals surface area contributed by atoms with Crippen LogP contribution in [0.2, 0.25) is 0 Å². The van der Waals surface area contributed by atoms with Gasteiger partial charge in [0.05, 0.1) is 24.8 Å². The van der Waals surface area contributed by atoms with E-state index in [1.54, 1.807) is 7.11 Å². The second-order valence-corrected chi connectivity index (χ2v) is 4.11. The lowest BCUT2D eigenvalue weighted by Crippen LogP contribution is -2.15. The number of ether oxygens (including phenoxy) is 1. The second kappa shape index (κ2) is 5.84. The minimum absolute atomic E-state index is 0.115. The number of hydrogen-bond acceptors (Lipinski definition) is 4. The number of aromatic nitrogens is 2. The van der Waals surface area contributed by atoms with Gasteiger partial charge < -0.3 is 19.7 Å². The third kappa shape index (κ3) is 2.47. The Kier molecular flexibility index (Phi) is 4.17. The molecule has 5 heteroatoms. The topological polar surface area (TPSA) is 59.3 Å². The average Bonchev–Trinajstić information content (AvgIpc) is 2.74. The van der Waals surface area contributed by atoms with Gasteiger partial charge in [0.15, 0.2) is 0 Å². The van der Waals surface area contributed by atoms with Crippen molar-refractivity contribution < 1.29 is 9.84 Å². The Balaban J connectivity index is 2.44. The van der Waals surface area contributed by atoms with Crippen molar-refractivity contribution >= 4 is 11.0 Å². The average molecular weight is 249 g/mol. The highest BCUT2D eigenvalue weighted by Gasteiger charge is 2.10. The van der Waals surface area contributed by atoms with Gasteiger partial charge >= 0.3 is 0 Å². The summed E-state index contributed by atoms with van der Waals surface area (Å²) in [7, 11) is 3.57. The van der Waals surface area contributed by atoms with Gasteiger partial charge in [0.1, 0.15) is 11.6 Å². The van der Waals surface area contributed by atoms with E-state index in [1.807, 2.05) is 25.2 Å². The zero-order valence-electron chi connectivity index (χ0n) is 10.8. The van der Waals surface area contributed by atoms with Gasteiger partial charge in [-0.25, -0.2) is 4.98 Å². The molecule has 0 saturated carbocycles. The highest BCUT2D eigenvalue weighted by molar-refractivity contribution is 5.77. The van der Waals surface area contributed by atoms with E-state index in [1.165, 1.54) is 0 Å². The van der Waals surface area contributed by atoms with E-state index in [-0.39, 0.29) is 6.61 Å². The Morgan fingerprint density at radius 3 is 2.94 bits per heavy atom. The second-order valence-electron chi connectivity index (χ2n) is 4.11. The lowest BCUT2D eigenvalue weighted by molar-refractivity contribution is 0.276. The van der Waals surface area contributed by atoms with Crippen LogP contribution in [0, 0.1) is 0 Å². The van der Waals surface area contributed by atoms with E-state index >= 15 is 0 Å². The molecular formula is C13H19N3O2. The molecule has 0 aliphatic carbocycles. The molecule has 2 N–H and O–H groups in total. The number of likely N-dealkylation sites (N-methyl/N-ethyl adjacent to an activating group) is 1. The normalized spacial score (nSPS) is 11.1. The van der Waals surface area contributed by atoms with Crippen LogP contribution in [0.4, 0.5) is 0 Å². The summed E-state index contributed by atoms with van der Waals surface area (Å²) in [6.07, 6.45) is 0.841. The van der Waals surface area contributed by atoms with Crippen molar-refractivity contribution in [1.82, 2.24) is 14.9 Å². The molecule has 0 saturated heterocycles. The van der Waals surface area contributed by atoms with E-state index in [4.69, 9.17) is 9.84 Å². The maximum absolute atomic E-state index is 9.16. The predicted molar refractivity (Wildman–Crippen MR) is 71.0 cm³/mol. The van der Waals surface area contributed by atoms with Crippen molar-refractivity contribution in [2.75, 3.05) is 27.3 Å². The number of fused-ring (bicyclic) bond motifs is 1. The molecule has 1 aromatic carbocycles. The monoisotopic (exact) mass is 249 g/mol. The van der Waals surface area contributed by atoms with Crippen molar-refractivity contribution in [3.8, 4) is 5.75 Å². The van der Waals surface area contributed by atoms with Gasteiger partial charge in [0.2, 0.25) is 0 Å². The molecule has 98 valence electrons. The van der Waals surface area contributed by atoms with Gasteiger partial charge in [-0.05, 0) is 19.2 Å². The van der Waals surface area contributed by atoms with Crippen LogP contribution in [-0.2, 0) is 13.0 Å². The summed E-state index contributed by atoms with van der Waals surface area (Å²) < 4.78 is 7.26. The first-order chi connectivity index (χ1) is 8.80. The minimum Gasteiger partial charge on any atom is -0.497 e. The molecule has 0 amide bonds. The number of aliphatic hydroxyl groups is 1. The lowest BCUT2D eigenvalue weighted by Gasteiger charge is -2.07. The number of nitrogens with zero attached hydrogens (tertiary/aromatic N) is 2. The number of imidazole rings is 1. The Morgan fingerprint density at radius 2 is 2.28 bits per heavy atom. The van der Waals surface area contributed by atoms with Crippen LogP contribution in [-0.4, -0.2) is 42.0 Å². The fourth-order valence-corrected chi connectivity index (χ4v) is 2.06. The molecule has 2 aromatic rings. The molecule has 0 aliphatic rings. The summed E-state index contributed by atoms with van der Waals surface area (Å²) in [5.41, 5.74) is 1.95. The smallest absolute Gasteiger partial charge is 0.121 e. The summed E-state index contributed by atoms with van der Waals surface area (Å²) in [5.74, 6) is 1.79. The number of benzene rings is 1. The zero-order chi connectivity index (χ0) is 13.0. The van der Waals surface area contributed by atoms with Crippen molar-refractivity contribution in [1.29, 1.82) is 0 Å². The van der Waals surface area contributed by atoms with Gasteiger partial charge in [-0.15, -0.1) is 0 Å². The molecule has 1 heterocycles. The van der Waals surface area contributed by atoms with E-state index in [9.17, 15) is 0 Å². The highest BCUT2D eigenvalue weighted by Crippen LogP contribution is 2.21. The van der Waals surface area contributed by atoms with E-state index < -0.39 is 0 Å². The SMILES string of the molecule is CNCCc1nc2cc(OC)ccc2n1CCO. The summed E-state index contributed by atoms with van der Waals surface area (Å²) >= 11 is 0. The molecule has 0 unspecified atom stereocenters. The van der Waals surface area contributed by atoms with Crippen LogP contribution in [0.25, 0.3) is 11.0 Å². The lowest BCUT2D eigenvalue weighted by atomic mass is 10.3. The fraction of sp³-hybridized carbons (Fsp3) is 0.462. The molecule has 0 fully saturated rings. The Morgan fingerprint density at radius 1 is 1.44 bits per heavy atom. The molecule has 18 heavy (non-hydrogen) atoms. The standard InChI is InChI=1S/C13H19N3O2/c1-14-6-5-13-15-11-9-10(18-2)3-4-12(11)16(13)7-8-17/h3-4,9,14,17H,5-8H2,1-2H3. The Bertz CT molecular complexity index is 522. The maximum atomic E-state index is 9.16. The third-order valence-corrected chi connectivity index (χ3v) is 2.96. The molecule has 5 nitrogen and oxygen atoms in total. The summed E-state index contributed by atoms with van der Waals surface area (Å²) in [5, 5.41) is 12.3. The molecule has 0 atom stereocenters. The predicted octanol–water partition coefficient (Wildman–Crippen LogP) is 0.799. The first-order valence-electron chi connectivity index (χ1n) is 6.08. The van der Waals surface area contributed by atoms with Crippen LogP contribution in [0.5, 0.6) is 5.75 Å². The van der Waals surface area contributed by atoms with Gasteiger partial charge in [-0.1, -0.05) is 0 Å². The van der Waals surface area contributed by atoms with Crippen LogP contribution in [0.3, 0.4) is 0 Å².